The van der Waals surface area contributed by atoms with E-state index in [2.05, 4.69) is 46.5 Å². The van der Waals surface area contributed by atoms with Crippen molar-refractivity contribution in [2.24, 2.45) is 10.7 Å². The van der Waals surface area contributed by atoms with Gasteiger partial charge in [-0.1, -0.05) is 0 Å². The van der Waals surface area contributed by atoms with Gasteiger partial charge in [0.2, 0.25) is 0 Å². The molecule has 138 valence electrons. The van der Waals surface area contributed by atoms with Crippen LogP contribution in [0.25, 0.3) is 0 Å². The summed E-state index contributed by atoms with van der Waals surface area (Å²) in [4.78, 5) is 15.7. The minimum atomic E-state index is 0. The number of H-pyrrole nitrogens is 1. The maximum Gasteiger partial charge on any atom is 0.188 e. The Bertz CT molecular complexity index is 646. The zero-order valence-corrected chi connectivity index (χ0v) is 18.2. The summed E-state index contributed by atoms with van der Waals surface area (Å²) in [6.45, 7) is 4.33. The van der Waals surface area contributed by atoms with E-state index in [4.69, 9.17) is 5.73 Å². The first-order valence-corrected chi connectivity index (χ1v) is 8.81. The van der Waals surface area contributed by atoms with Gasteiger partial charge in [-0.05, 0) is 53.7 Å². The van der Waals surface area contributed by atoms with Gasteiger partial charge in [0.05, 0.1) is 6.33 Å². The van der Waals surface area contributed by atoms with E-state index in [-0.39, 0.29) is 24.0 Å². The Kier molecular flexibility index (Phi) is 10.5. The highest BCUT2D eigenvalue weighted by Crippen LogP contribution is 2.16. The summed E-state index contributed by atoms with van der Waals surface area (Å²) in [6.07, 6.45) is 8.15. The van der Waals surface area contributed by atoms with Gasteiger partial charge in [0.1, 0.15) is 5.82 Å². The lowest BCUT2D eigenvalue weighted by molar-refractivity contribution is 0.753. The number of aromatic amines is 1. The van der Waals surface area contributed by atoms with Crippen LogP contribution in [-0.4, -0.2) is 40.5 Å². The van der Waals surface area contributed by atoms with E-state index in [1.165, 1.54) is 0 Å². The number of hydrogen-bond acceptors (Lipinski definition) is 4. The number of nitrogens with two attached hydrogens (primary N) is 1. The second kappa shape index (κ2) is 12.1. The molecule has 0 aliphatic rings. The Morgan fingerprint density at radius 2 is 2.16 bits per heavy atom. The molecule has 0 bridgehead atoms. The van der Waals surface area contributed by atoms with Gasteiger partial charge < -0.3 is 21.4 Å². The lowest BCUT2D eigenvalue weighted by atomic mass is 10.2. The Hall–Kier alpha value is -1.36. The Morgan fingerprint density at radius 1 is 1.32 bits per heavy atom. The molecule has 2 heterocycles. The first-order chi connectivity index (χ1) is 11.6. The summed E-state index contributed by atoms with van der Waals surface area (Å²) in [5, 5.41) is 6.43. The summed E-state index contributed by atoms with van der Waals surface area (Å²) in [5.74, 6) is 1.41. The number of halogens is 2. The van der Waals surface area contributed by atoms with Crippen LogP contribution >= 0.6 is 39.9 Å². The van der Waals surface area contributed by atoms with Crippen LogP contribution in [-0.2, 0) is 6.42 Å². The molecule has 0 aliphatic heterocycles. The number of guanidine groups is 1. The molecule has 2 aromatic heterocycles. The van der Waals surface area contributed by atoms with E-state index >= 15 is 0 Å². The smallest absolute Gasteiger partial charge is 0.188 e. The first-order valence-electron chi connectivity index (χ1n) is 8.02. The maximum atomic E-state index is 5.85. The van der Waals surface area contributed by atoms with Crippen LogP contribution in [0.15, 0.2) is 34.3 Å². The molecule has 0 atom stereocenters. The van der Waals surface area contributed by atoms with Crippen LogP contribution < -0.4 is 16.4 Å². The molecule has 9 heteroatoms. The number of anilines is 1. The van der Waals surface area contributed by atoms with Gasteiger partial charge in [0.15, 0.2) is 5.96 Å². The van der Waals surface area contributed by atoms with Gasteiger partial charge in [0, 0.05) is 42.2 Å². The summed E-state index contributed by atoms with van der Waals surface area (Å²) in [7, 11) is 0. The quantitative estimate of drug-likeness (QED) is 0.176. The monoisotopic (exact) mass is 521 g/mol. The van der Waals surface area contributed by atoms with Crippen molar-refractivity contribution in [3.63, 3.8) is 0 Å². The third-order valence-corrected chi connectivity index (χ3v) is 3.87. The van der Waals surface area contributed by atoms with E-state index in [1.807, 2.05) is 19.2 Å². The number of nitrogens with one attached hydrogen (secondary N) is 3. The standard InChI is InChI=1S/C16H24BrN7.HI/c1-12-8-13(17)9-23-15(12)20-6-3-7-22-16(18)21-5-2-4-14-10-19-11-24-14;/h8-11H,2-7H2,1H3,(H,19,24)(H,20,23)(H3,18,21,22);1H. The molecule has 2 aromatic rings. The molecule has 7 nitrogen and oxygen atoms in total. The molecule has 0 unspecified atom stereocenters. The van der Waals surface area contributed by atoms with Crippen LogP contribution in [0.1, 0.15) is 24.1 Å². The third kappa shape index (κ3) is 8.52. The number of nitrogens with zero attached hydrogens (tertiary/aromatic N) is 3. The van der Waals surface area contributed by atoms with Crippen molar-refractivity contribution in [3.05, 3.63) is 40.5 Å². The number of aromatic nitrogens is 3. The molecule has 0 radical (unpaired) electrons. The molecule has 0 aliphatic carbocycles. The van der Waals surface area contributed by atoms with Crippen LogP contribution in [0.5, 0.6) is 0 Å². The second-order valence-electron chi connectivity index (χ2n) is 5.47. The van der Waals surface area contributed by atoms with Crippen LogP contribution in [0, 0.1) is 6.92 Å². The Balaban J connectivity index is 0.00000312. The van der Waals surface area contributed by atoms with Crippen LogP contribution in [0.4, 0.5) is 5.82 Å². The van der Waals surface area contributed by atoms with Crippen molar-refractivity contribution < 1.29 is 0 Å². The van der Waals surface area contributed by atoms with Crippen molar-refractivity contribution in [3.8, 4) is 0 Å². The molecule has 25 heavy (non-hydrogen) atoms. The molecule has 2 rings (SSSR count). The van der Waals surface area contributed by atoms with E-state index in [0.29, 0.717) is 12.5 Å². The highest BCUT2D eigenvalue weighted by atomic mass is 127. The lowest BCUT2D eigenvalue weighted by Gasteiger charge is -2.08. The summed E-state index contributed by atoms with van der Waals surface area (Å²) >= 11 is 3.41. The van der Waals surface area contributed by atoms with Crippen molar-refractivity contribution in [2.75, 3.05) is 25.0 Å². The SMILES string of the molecule is Cc1cc(Br)cnc1NCCCN=C(N)NCCCc1cnc[nH]1.I. The van der Waals surface area contributed by atoms with Gasteiger partial charge in [-0.3, -0.25) is 4.99 Å². The predicted octanol–water partition coefficient (Wildman–Crippen LogP) is 2.83. The van der Waals surface area contributed by atoms with Crippen molar-refractivity contribution in [2.45, 2.75) is 26.2 Å². The summed E-state index contributed by atoms with van der Waals surface area (Å²) in [6, 6.07) is 2.04. The third-order valence-electron chi connectivity index (χ3n) is 3.44. The minimum Gasteiger partial charge on any atom is -0.370 e. The van der Waals surface area contributed by atoms with E-state index in [0.717, 1.165) is 53.9 Å². The normalized spacial score (nSPS) is 11.0. The van der Waals surface area contributed by atoms with Crippen LogP contribution in [0.2, 0.25) is 0 Å². The molecule has 0 amide bonds. The Labute approximate surface area is 173 Å². The molecule has 0 saturated heterocycles. The highest BCUT2D eigenvalue weighted by Gasteiger charge is 1.99. The second-order valence-corrected chi connectivity index (χ2v) is 6.39. The van der Waals surface area contributed by atoms with Crippen molar-refractivity contribution in [1.29, 1.82) is 0 Å². The van der Waals surface area contributed by atoms with Gasteiger partial charge >= 0.3 is 0 Å². The highest BCUT2D eigenvalue weighted by molar-refractivity contribution is 14.0. The molecular formula is C16H25BrIN7. The van der Waals surface area contributed by atoms with Crippen molar-refractivity contribution in [1.82, 2.24) is 20.3 Å². The zero-order chi connectivity index (χ0) is 17.2. The number of rotatable bonds is 9. The van der Waals surface area contributed by atoms with Gasteiger partial charge in [-0.25, -0.2) is 9.97 Å². The molecule has 0 fully saturated rings. The van der Waals surface area contributed by atoms with Gasteiger partial charge in [-0.2, -0.15) is 0 Å². The number of pyridine rings is 1. The fourth-order valence-corrected chi connectivity index (χ4v) is 2.63. The molecule has 0 aromatic carbocycles. The average molecular weight is 522 g/mol. The number of imidazole rings is 1. The van der Waals surface area contributed by atoms with E-state index in [1.54, 1.807) is 12.5 Å². The Morgan fingerprint density at radius 3 is 2.88 bits per heavy atom. The minimum absolute atomic E-state index is 0. The van der Waals surface area contributed by atoms with Gasteiger partial charge in [0.25, 0.3) is 0 Å². The predicted molar refractivity (Wildman–Crippen MR) is 117 cm³/mol. The largest absolute Gasteiger partial charge is 0.370 e. The summed E-state index contributed by atoms with van der Waals surface area (Å²) < 4.78 is 0.988. The van der Waals surface area contributed by atoms with E-state index < -0.39 is 0 Å². The lowest BCUT2D eigenvalue weighted by Crippen LogP contribution is -2.32. The van der Waals surface area contributed by atoms with Crippen LogP contribution in [0.3, 0.4) is 0 Å². The number of hydrogen-bond donors (Lipinski definition) is 4. The van der Waals surface area contributed by atoms with E-state index in [9.17, 15) is 0 Å². The molecule has 0 saturated carbocycles. The maximum absolute atomic E-state index is 5.85. The fourth-order valence-electron chi connectivity index (χ4n) is 2.18. The number of aryl methyl sites for hydroxylation is 2. The first kappa shape index (κ1) is 21.7. The number of aliphatic imine (C=N–C) groups is 1. The summed E-state index contributed by atoms with van der Waals surface area (Å²) in [5.41, 5.74) is 8.10. The zero-order valence-electron chi connectivity index (χ0n) is 14.3. The fraction of sp³-hybridized carbons (Fsp3) is 0.438. The topological polar surface area (TPSA) is 104 Å². The molecule has 5 N–H and O–H groups in total. The molecular weight excluding hydrogens is 497 g/mol. The molecule has 0 spiro atoms. The van der Waals surface area contributed by atoms with Crippen molar-refractivity contribution >= 4 is 51.7 Å². The average Bonchev–Trinajstić information content (AvgIpc) is 3.06. The van der Waals surface area contributed by atoms with Gasteiger partial charge in [-0.15, -0.1) is 24.0 Å².